The van der Waals surface area contributed by atoms with Crippen molar-refractivity contribution in [3.63, 3.8) is 0 Å². The number of nitrogens with one attached hydrogen (secondary N) is 3. The second kappa shape index (κ2) is 8.80. The smallest absolute Gasteiger partial charge is 0.255 e. The van der Waals surface area contributed by atoms with Gasteiger partial charge in [-0.1, -0.05) is 23.8 Å². The molecule has 0 unspecified atom stereocenters. The lowest BCUT2D eigenvalue weighted by atomic mass is 10.1. The molecule has 3 N–H and O–H groups in total. The zero-order chi connectivity index (χ0) is 19.1. The van der Waals surface area contributed by atoms with Crippen molar-refractivity contribution in [2.75, 3.05) is 10.6 Å². The van der Waals surface area contributed by atoms with Gasteiger partial charge in [0.25, 0.3) is 5.91 Å². The third-order valence-corrected chi connectivity index (χ3v) is 3.63. The van der Waals surface area contributed by atoms with Gasteiger partial charge in [-0.2, -0.15) is 0 Å². The van der Waals surface area contributed by atoms with Gasteiger partial charge in [-0.3, -0.25) is 14.4 Å². The maximum Gasteiger partial charge on any atom is 0.255 e. The summed E-state index contributed by atoms with van der Waals surface area (Å²) in [7, 11) is 0. The number of aryl methyl sites for hydroxylation is 1. The molecule has 2 aromatic rings. The molecule has 0 aliphatic carbocycles. The van der Waals surface area contributed by atoms with Crippen LogP contribution >= 0.6 is 0 Å². The van der Waals surface area contributed by atoms with Gasteiger partial charge < -0.3 is 16.0 Å². The molecular weight excluding hydrogens is 330 g/mol. The van der Waals surface area contributed by atoms with E-state index < -0.39 is 0 Å². The van der Waals surface area contributed by atoms with Gasteiger partial charge in [0.1, 0.15) is 0 Å². The molecule has 2 rings (SSSR count). The van der Waals surface area contributed by atoms with Crippen LogP contribution < -0.4 is 16.0 Å². The van der Waals surface area contributed by atoms with Crippen LogP contribution in [-0.2, 0) is 9.59 Å². The average Bonchev–Trinajstić information content (AvgIpc) is 2.54. The first-order valence-corrected chi connectivity index (χ1v) is 8.38. The van der Waals surface area contributed by atoms with Crippen molar-refractivity contribution < 1.29 is 14.4 Å². The molecule has 0 saturated heterocycles. The summed E-state index contributed by atoms with van der Waals surface area (Å²) in [4.78, 5) is 35.4. The Morgan fingerprint density at radius 3 is 2.27 bits per heavy atom. The van der Waals surface area contributed by atoms with Gasteiger partial charge in [-0.05, 0) is 44.2 Å². The summed E-state index contributed by atoms with van der Waals surface area (Å²) in [6.07, 6.45) is 0.166. The van der Waals surface area contributed by atoms with Gasteiger partial charge in [-0.15, -0.1) is 0 Å². The van der Waals surface area contributed by atoms with E-state index in [-0.39, 0.29) is 30.2 Å². The maximum atomic E-state index is 12.3. The van der Waals surface area contributed by atoms with Crippen molar-refractivity contribution in [2.24, 2.45) is 0 Å². The Kier molecular flexibility index (Phi) is 6.49. The molecule has 3 amide bonds. The van der Waals surface area contributed by atoms with Crippen LogP contribution in [-0.4, -0.2) is 23.8 Å². The highest BCUT2D eigenvalue weighted by Gasteiger charge is 2.11. The van der Waals surface area contributed by atoms with Crippen LogP contribution in [0.2, 0.25) is 0 Å². The Morgan fingerprint density at radius 2 is 1.62 bits per heavy atom. The van der Waals surface area contributed by atoms with Crippen molar-refractivity contribution in [1.29, 1.82) is 0 Å². The molecular formula is C20H23N3O3. The van der Waals surface area contributed by atoms with E-state index in [1.54, 1.807) is 37.3 Å². The number of rotatable bonds is 6. The molecule has 136 valence electrons. The Morgan fingerprint density at radius 1 is 0.962 bits per heavy atom. The molecule has 6 nitrogen and oxygen atoms in total. The summed E-state index contributed by atoms with van der Waals surface area (Å²) < 4.78 is 0. The lowest BCUT2D eigenvalue weighted by molar-refractivity contribution is -0.120. The standard InChI is InChI=1S/C20H23N3O3/c1-13-6-4-7-16(10-13)20(26)23-18-9-5-8-17(12-18)22-19(25)11-14(2)21-15(3)24/h4-10,12,14H,11H2,1-3H3,(H,21,24)(H,22,25)(H,23,26)/t14-/m1/s1. The van der Waals surface area contributed by atoms with E-state index in [1.165, 1.54) is 6.92 Å². The summed E-state index contributed by atoms with van der Waals surface area (Å²) in [5.41, 5.74) is 2.74. The van der Waals surface area contributed by atoms with E-state index in [1.807, 2.05) is 25.1 Å². The van der Waals surface area contributed by atoms with E-state index >= 15 is 0 Å². The Hall–Kier alpha value is -3.15. The summed E-state index contributed by atoms with van der Waals surface area (Å²) in [6.45, 7) is 5.10. The van der Waals surface area contributed by atoms with Crippen molar-refractivity contribution >= 4 is 29.1 Å². The monoisotopic (exact) mass is 353 g/mol. The van der Waals surface area contributed by atoms with Gasteiger partial charge in [-0.25, -0.2) is 0 Å². The summed E-state index contributed by atoms with van der Waals surface area (Å²) in [6, 6.07) is 14.0. The highest BCUT2D eigenvalue weighted by atomic mass is 16.2. The van der Waals surface area contributed by atoms with Crippen LogP contribution in [0.1, 0.15) is 36.2 Å². The topological polar surface area (TPSA) is 87.3 Å². The fourth-order valence-electron chi connectivity index (χ4n) is 2.55. The molecule has 0 heterocycles. The number of hydrogen-bond acceptors (Lipinski definition) is 3. The minimum atomic E-state index is -0.253. The van der Waals surface area contributed by atoms with Crippen molar-refractivity contribution in [1.82, 2.24) is 5.32 Å². The van der Waals surface area contributed by atoms with Crippen molar-refractivity contribution in [3.05, 3.63) is 59.7 Å². The molecule has 0 saturated carbocycles. The Labute approximate surface area is 153 Å². The first-order chi connectivity index (χ1) is 12.3. The number of hydrogen-bond donors (Lipinski definition) is 3. The minimum Gasteiger partial charge on any atom is -0.353 e. The number of carbonyl (C=O) groups excluding carboxylic acids is 3. The number of anilines is 2. The van der Waals surface area contributed by atoms with Gasteiger partial charge in [0.05, 0.1) is 0 Å². The van der Waals surface area contributed by atoms with Gasteiger partial charge in [0.15, 0.2) is 0 Å². The quantitative estimate of drug-likeness (QED) is 0.746. The molecule has 0 aromatic heterocycles. The summed E-state index contributed by atoms with van der Waals surface area (Å²) >= 11 is 0. The van der Waals surface area contributed by atoms with E-state index in [4.69, 9.17) is 0 Å². The van der Waals surface area contributed by atoms with E-state index in [0.29, 0.717) is 16.9 Å². The first-order valence-electron chi connectivity index (χ1n) is 8.38. The third kappa shape index (κ3) is 6.05. The van der Waals surface area contributed by atoms with Gasteiger partial charge >= 0.3 is 0 Å². The molecule has 1 atom stereocenters. The zero-order valence-corrected chi connectivity index (χ0v) is 15.1. The molecule has 0 radical (unpaired) electrons. The zero-order valence-electron chi connectivity index (χ0n) is 15.1. The van der Waals surface area contributed by atoms with Crippen LogP contribution in [0.15, 0.2) is 48.5 Å². The lowest BCUT2D eigenvalue weighted by Gasteiger charge is -2.13. The van der Waals surface area contributed by atoms with Crippen LogP contribution in [0.4, 0.5) is 11.4 Å². The van der Waals surface area contributed by atoms with E-state index in [9.17, 15) is 14.4 Å². The second-order valence-electron chi connectivity index (χ2n) is 6.26. The van der Waals surface area contributed by atoms with Gasteiger partial charge in [0.2, 0.25) is 11.8 Å². The van der Waals surface area contributed by atoms with Crippen LogP contribution in [0.3, 0.4) is 0 Å². The Balaban J connectivity index is 1.98. The first kappa shape index (κ1) is 19.2. The van der Waals surface area contributed by atoms with Crippen molar-refractivity contribution in [2.45, 2.75) is 33.2 Å². The lowest BCUT2D eigenvalue weighted by Crippen LogP contribution is -2.33. The molecule has 0 aliphatic heterocycles. The van der Waals surface area contributed by atoms with Crippen LogP contribution in [0.5, 0.6) is 0 Å². The molecule has 6 heteroatoms. The highest BCUT2D eigenvalue weighted by Crippen LogP contribution is 2.17. The van der Waals surface area contributed by atoms with E-state index in [2.05, 4.69) is 16.0 Å². The third-order valence-electron chi connectivity index (χ3n) is 3.63. The maximum absolute atomic E-state index is 12.3. The normalized spacial score (nSPS) is 11.3. The summed E-state index contributed by atoms with van der Waals surface area (Å²) in [5.74, 6) is -0.601. The highest BCUT2D eigenvalue weighted by molar-refractivity contribution is 6.04. The predicted octanol–water partition coefficient (Wildman–Crippen LogP) is 3.10. The number of amides is 3. The SMILES string of the molecule is CC(=O)N[C@H](C)CC(=O)Nc1cccc(NC(=O)c2cccc(C)c2)c1. The number of benzene rings is 2. The molecule has 0 aliphatic rings. The molecule has 0 bridgehead atoms. The fraction of sp³-hybridized carbons (Fsp3) is 0.250. The predicted molar refractivity (Wildman–Crippen MR) is 102 cm³/mol. The van der Waals surface area contributed by atoms with Crippen LogP contribution in [0, 0.1) is 6.92 Å². The molecule has 0 spiro atoms. The van der Waals surface area contributed by atoms with Crippen molar-refractivity contribution in [3.8, 4) is 0 Å². The molecule has 26 heavy (non-hydrogen) atoms. The molecule has 0 fully saturated rings. The van der Waals surface area contributed by atoms with Gasteiger partial charge in [0, 0.05) is 36.3 Å². The Bertz CT molecular complexity index is 817. The van der Waals surface area contributed by atoms with E-state index in [0.717, 1.165) is 5.56 Å². The van der Waals surface area contributed by atoms with Crippen LogP contribution in [0.25, 0.3) is 0 Å². The fourth-order valence-corrected chi connectivity index (χ4v) is 2.55. The average molecular weight is 353 g/mol. The number of carbonyl (C=O) groups is 3. The largest absolute Gasteiger partial charge is 0.353 e. The second-order valence-corrected chi connectivity index (χ2v) is 6.26. The summed E-state index contributed by atoms with van der Waals surface area (Å²) in [5, 5.41) is 8.25. The molecule has 2 aromatic carbocycles. The minimum absolute atomic E-state index is 0.166.